The van der Waals surface area contributed by atoms with Gasteiger partial charge in [-0.2, -0.15) is 0 Å². The van der Waals surface area contributed by atoms with E-state index in [9.17, 15) is 4.79 Å². The van der Waals surface area contributed by atoms with Crippen molar-refractivity contribution in [1.29, 1.82) is 0 Å². The maximum absolute atomic E-state index is 11.1. The van der Waals surface area contributed by atoms with Crippen molar-refractivity contribution in [3.05, 3.63) is 34.4 Å². The van der Waals surface area contributed by atoms with E-state index in [0.717, 1.165) is 10.9 Å². The molecule has 1 atom stereocenters. The monoisotopic (exact) mass is 256 g/mol. The number of aromatic nitrogens is 1. The normalized spacial score (nSPS) is 12.9. The zero-order valence-corrected chi connectivity index (χ0v) is 10.1. The van der Waals surface area contributed by atoms with E-state index in [1.54, 1.807) is 29.8 Å². The molecule has 0 bridgehead atoms. The average molecular weight is 257 g/mol. The minimum atomic E-state index is -0.424. The quantitative estimate of drug-likeness (QED) is 0.883. The Kier molecular flexibility index (Phi) is 2.82. The Labute approximate surface area is 103 Å². The molecule has 1 heterocycles. The molecule has 1 unspecified atom stereocenters. The molecule has 1 aromatic carbocycles. The number of nitrogens with two attached hydrogens (primary N) is 1. The van der Waals surface area contributed by atoms with Crippen molar-refractivity contribution < 1.29 is 4.79 Å². The standard InChI is InChI=1S/C11H10Cl2N2O/c1-6(11(14)16)15-3-2-8-9(13)4-7(12)5-10(8)15/h2-6H,1H3,(H2,14,16). The van der Waals surface area contributed by atoms with Gasteiger partial charge in [0.05, 0.1) is 10.5 Å². The van der Waals surface area contributed by atoms with Crippen molar-refractivity contribution in [1.82, 2.24) is 4.57 Å². The number of benzene rings is 1. The second-order valence-corrected chi connectivity index (χ2v) is 4.47. The van der Waals surface area contributed by atoms with Crippen LogP contribution < -0.4 is 5.73 Å². The Morgan fingerprint density at radius 2 is 2.12 bits per heavy atom. The molecule has 0 aliphatic heterocycles. The highest BCUT2D eigenvalue weighted by Crippen LogP contribution is 2.30. The second kappa shape index (κ2) is 4.00. The molecule has 0 spiro atoms. The van der Waals surface area contributed by atoms with Gasteiger partial charge in [-0.05, 0) is 25.1 Å². The highest BCUT2D eigenvalue weighted by atomic mass is 35.5. The van der Waals surface area contributed by atoms with E-state index in [1.165, 1.54) is 0 Å². The molecule has 0 aliphatic carbocycles. The third-order valence-electron chi connectivity index (χ3n) is 2.58. The summed E-state index contributed by atoms with van der Waals surface area (Å²) < 4.78 is 1.76. The minimum Gasteiger partial charge on any atom is -0.368 e. The minimum absolute atomic E-state index is 0.395. The topological polar surface area (TPSA) is 48.0 Å². The molecule has 3 nitrogen and oxygen atoms in total. The Morgan fingerprint density at radius 3 is 2.75 bits per heavy atom. The van der Waals surface area contributed by atoms with Gasteiger partial charge in [0.1, 0.15) is 6.04 Å². The van der Waals surface area contributed by atoms with Gasteiger partial charge in [-0.15, -0.1) is 0 Å². The van der Waals surface area contributed by atoms with Crippen LogP contribution in [0.15, 0.2) is 24.4 Å². The summed E-state index contributed by atoms with van der Waals surface area (Å²) in [5.74, 6) is -0.395. The van der Waals surface area contributed by atoms with Gasteiger partial charge in [0.25, 0.3) is 0 Å². The van der Waals surface area contributed by atoms with Crippen molar-refractivity contribution in [2.24, 2.45) is 5.73 Å². The van der Waals surface area contributed by atoms with Crippen LogP contribution in [0.2, 0.25) is 10.0 Å². The van der Waals surface area contributed by atoms with Crippen LogP contribution in [-0.2, 0) is 4.79 Å². The summed E-state index contributed by atoms with van der Waals surface area (Å²) in [6.45, 7) is 1.73. The van der Waals surface area contributed by atoms with Crippen LogP contribution in [0.5, 0.6) is 0 Å². The van der Waals surface area contributed by atoms with E-state index in [4.69, 9.17) is 28.9 Å². The number of halogens is 2. The molecule has 0 saturated heterocycles. The molecule has 84 valence electrons. The Morgan fingerprint density at radius 1 is 1.44 bits per heavy atom. The fourth-order valence-electron chi connectivity index (χ4n) is 1.66. The van der Waals surface area contributed by atoms with Gasteiger partial charge < -0.3 is 10.3 Å². The fraction of sp³-hybridized carbons (Fsp3) is 0.182. The lowest BCUT2D eigenvalue weighted by molar-refractivity contribution is -0.120. The van der Waals surface area contributed by atoms with Gasteiger partial charge in [0.2, 0.25) is 5.91 Å². The third-order valence-corrected chi connectivity index (χ3v) is 3.11. The van der Waals surface area contributed by atoms with E-state index in [1.807, 2.05) is 6.07 Å². The first-order valence-corrected chi connectivity index (χ1v) is 5.51. The summed E-state index contributed by atoms with van der Waals surface area (Å²) in [6.07, 6.45) is 1.78. The summed E-state index contributed by atoms with van der Waals surface area (Å²) in [4.78, 5) is 11.1. The highest BCUT2D eigenvalue weighted by Gasteiger charge is 2.14. The molecular formula is C11H10Cl2N2O. The largest absolute Gasteiger partial charge is 0.368 e. The number of carbonyl (C=O) groups excluding carboxylic acids is 1. The maximum atomic E-state index is 11.1. The summed E-state index contributed by atoms with van der Waals surface area (Å²) >= 11 is 12.0. The van der Waals surface area contributed by atoms with Crippen LogP contribution in [-0.4, -0.2) is 10.5 Å². The van der Waals surface area contributed by atoms with Crippen molar-refractivity contribution in [2.75, 3.05) is 0 Å². The van der Waals surface area contributed by atoms with E-state index >= 15 is 0 Å². The molecule has 5 heteroatoms. The van der Waals surface area contributed by atoms with Crippen LogP contribution in [0.25, 0.3) is 10.9 Å². The van der Waals surface area contributed by atoms with Crippen LogP contribution in [0.1, 0.15) is 13.0 Å². The van der Waals surface area contributed by atoms with Crippen molar-refractivity contribution in [3.8, 4) is 0 Å². The lowest BCUT2D eigenvalue weighted by Gasteiger charge is -2.11. The molecule has 16 heavy (non-hydrogen) atoms. The summed E-state index contributed by atoms with van der Waals surface area (Å²) in [5, 5.41) is 1.96. The van der Waals surface area contributed by atoms with Crippen LogP contribution in [0.4, 0.5) is 0 Å². The third kappa shape index (κ3) is 1.77. The Hall–Kier alpha value is -1.19. The molecule has 0 aliphatic rings. The number of nitrogens with zero attached hydrogens (tertiary/aromatic N) is 1. The number of fused-ring (bicyclic) bond motifs is 1. The number of hydrogen-bond acceptors (Lipinski definition) is 1. The zero-order valence-electron chi connectivity index (χ0n) is 8.58. The predicted molar refractivity (Wildman–Crippen MR) is 65.9 cm³/mol. The lowest BCUT2D eigenvalue weighted by Crippen LogP contribution is -2.23. The number of carbonyl (C=O) groups is 1. The first-order valence-electron chi connectivity index (χ1n) is 4.75. The van der Waals surface area contributed by atoms with E-state index < -0.39 is 11.9 Å². The average Bonchev–Trinajstić information content (AvgIpc) is 2.60. The lowest BCUT2D eigenvalue weighted by atomic mass is 10.2. The molecule has 1 aromatic heterocycles. The van der Waals surface area contributed by atoms with Crippen LogP contribution in [0, 0.1) is 0 Å². The van der Waals surface area contributed by atoms with Gasteiger partial charge in [0.15, 0.2) is 0 Å². The molecule has 2 rings (SSSR count). The SMILES string of the molecule is CC(C(N)=O)n1ccc2c(Cl)cc(Cl)cc21. The molecule has 2 N–H and O–H groups in total. The number of hydrogen-bond donors (Lipinski definition) is 1. The number of primary amides is 1. The van der Waals surface area contributed by atoms with Crippen LogP contribution in [0.3, 0.4) is 0 Å². The summed E-state index contributed by atoms with van der Waals surface area (Å²) in [5.41, 5.74) is 6.08. The predicted octanol–water partition coefficient (Wildman–Crippen LogP) is 2.99. The van der Waals surface area contributed by atoms with Crippen molar-refractivity contribution >= 4 is 40.0 Å². The van der Waals surface area contributed by atoms with E-state index in [0.29, 0.717) is 10.0 Å². The second-order valence-electron chi connectivity index (χ2n) is 3.62. The Balaban J connectivity index is 2.69. The first kappa shape index (κ1) is 11.3. The van der Waals surface area contributed by atoms with Gasteiger partial charge in [-0.1, -0.05) is 23.2 Å². The molecule has 0 saturated carbocycles. The van der Waals surface area contributed by atoms with Crippen molar-refractivity contribution in [2.45, 2.75) is 13.0 Å². The zero-order chi connectivity index (χ0) is 11.9. The molecular weight excluding hydrogens is 247 g/mol. The summed E-state index contributed by atoms with van der Waals surface area (Å²) in [6, 6.07) is 4.85. The molecule has 2 aromatic rings. The molecule has 1 amide bonds. The molecule has 0 fully saturated rings. The van der Waals surface area contributed by atoms with Crippen molar-refractivity contribution in [3.63, 3.8) is 0 Å². The van der Waals surface area contributed by atoms with Gasteiger partial charge in [-0.25, -0.2) is 0 Å². The highest BCUT2D eigenvalue weighted by molar-refractivity contribution is 6.38. The maximum Gasteiger partial charge on any atom is 0.240 e. The number of rotatable bonds is 2. The van der Waals surface area contributed by atoms with Gasteiger partial charge >= 0.3 is 0 Å². The Bertz CT molecular complexity index is 562. The number of amides is 1. The van der Waals surface area contributed by atoms with E-state index in [2.05, 4.69) is 0 Å². The smallest absolute Gasteiger partial charge is 0.240 e. The molecule has 0 radical (unpaired) electrons. The fourth-order valence-corrected chi connectivity index (χ4v) is 2.21. The van der Waals surface area contributed by atoms with Gasteiger partial charge in [-0.3, -0.25) is 4.79 Å². The summed E-state index contributed by atoms with van der Waals surface area (Å²) in [7, 11) is 0. The van der Waals surface area contributed by atoms with Gasteiger partial charge in [0, 0.05) is 16.6 Å². The van der Waals surface area contributed by atoms with Crippen LogP contribution >= 0.6 is 23.2 Å². The van der Waals surface area contributed by atoms with E-state index in [-0.39, 0.29) is 0 Å². The first-order chi connectivity index (χ1) is 7.50.